The molecule has 2 aromatic rings. The second-order valence-corrected chi connectivity index (χ2v) is 5.77. The number of rotatable bonds is 3. The summed E-state index contributed by atoms with van der Waals surface area (Å²) in [5, 5.41) is 10.7. The van der Waals surface area contributed by atoms with Crippen molar-refractivity contribution in [1.82, 2.24) is 0 Å². The van der Waals surface area contributed by atoms with Crippen LogP contribution < -0.4 is 4.74 Å². The van der Waals surface area contributed by atoms with Crippen LogP contribution in [0.3, 0.4) is 0 Å². The first kappa shape index (κ1) is 16.4. The molecule has 0 amide bonds. The van der Waals surface area contributed by atoms with Gasteiger partial charge in [0.2, 0.25) is 0 Å². The molecule has 0 saturated heterocycles. The van der Waals surface area contributed by atoms with Gasteiger partial charge in [-0.1, -0.05) is 29.8 Å². The van der Waals surface area contributed by atoms with Crippen molar-refractivity contribution >= 4 is 34.2 Å². The lowest BCUT2D eigenvalue weighted by Crippen LogP contribution is -2.17. The quantitative estimate of drug-likeness (QED) is 0.703. The average Bonchev–Trinajstić information content (AvgIpc) is 2.39. The van der Waals surface area contributed by atoms with Gasteiger partial charge in [0.25, 0.3) is 0 Å². The second-order valence-electron chi connectivity index (χ2n) is 4.20. The van der Waals surface area contributed by atoms with Crippen molar-refractivity contribution in [2.45, 2.75) is 12.5 Å². The minimum Gasteiger partial charge on any atom is -0.406 e. The van der Waals surface area contributed by atoms with E-state index >= 15 is 0 Å². The van der Waals surface area contributed by atoms with Crippen LogP contribution in [0.4, 0.5) is 13.2 Å². The topological polar surface area (TPSA) is 29.5 Å². The molecule has 1 unspecified atom stereocenters. The van der Waals surface area contributed by atoms with Gasteiger partial charge in [-0.2, -0.15) is 0 Å². The number of alkyl halides is 3. The third kappa shape index (κ3) is 4.49. The van der Waals surface area contributed by atoms with Crippen LogP contribution in [-0.2, 0) is 0 Å². The lowest BCUT2D eigenvalue weighted by Gasteiger charge is -2.14. The maximum absolute atomic E-state index is 12.2. The van der Waals surface area contributed by atoms with E-state index in [1.165, 1.54) is 18.2 Å². The number of aliphatic hydroxyl groups is 1. The van der Waals surface area contributed by atoms with Gasteiger partial charge in [0, 0.05) is 3.57 Å². The molecule has 1 atom stereocenters. The van der Waals surface area contributed by atoms with E-state index in [1.807, 2.05) is 22.6 Å². The molecule has 112 valence electrons. The zero-order chi connectivity index (χ0) is 15.6. The van der Waals surface area contributed by atoms with Gasteiger partial charge in [0.1, 0.15) is 11.9 Å². The van der Waals surface area contributed by atoms with Crippen molar-refractivity contribution in [2.24, 2.45) is 0 Å². The third-order valence-corrected chi connectivity index (χ3v) is 4.24. The lowest BCUT2D eigenvalue weighted by atomic mass is 10.0. The van der Waals surface area contributed by atoms with Gasteiger partial charge in [0.05, 0.1) is 5.02 Å². The van der Waals surface area contributed by atoms with Gasteiger partial charge in [-0.25, -0.2) is 0 Å². The highest BCUT2D eigenvalue weighted by atomic mass is 127. The standard InChI is InChI=1S/C14H9ClF3IO2/c15-11-7-9(4-5-12(11)19)13(20)8-2-1-3-10(6-8)21-14(16,17)18/h1-7,13,20H. The number of hydrogen-bond donors (Lipinski definition) is 1. The first-order valence-electron chi connectivity index (χ1n) is 5.75. The maximum Gasteiger partial charge on any atom is 0.573 e. The largest absolute Gasteiger partial charge is 0.573 e. The molecule has 0 saturated carbocycles. The molecule has 0 spiro atoms. The molecule has 0 bridgehead atoms. The number of ether oxygens (including phenoxy) is 1. The fourth-order valence-electron chi connectivity index (χ4n) is 1.76. The summed E-state index contributed by atoms with van der Waals surface area (Å²) < 4.78 is 41.2. The van der Waals surface area contributed by atoms with Crippen molar-refractivity contribution in [1.29, 1.82) is 0 Å². The van der Waals surface area contributed by atoms with Crippen LogP contribution >= 0.6 is 34.2 Å². The van der Waals surface area contributed by atoms with Gasteiger partial charge in [-0.3, -0.25) is 0 Å². The summed E-state index contributed by atoms with van der Waals surface area (Å²) in [5.74, 6) is -0.379. The molecular weight excluding hydrogens is 420 g/mol. The zero-order valence-electron chi connectivity index (χ0n) is 10.4. The monoisotopic (exact) mass is 428 g/mol. The predicted octanol–water partition coefficient (Wildman–Crippen LogP) is 4.92. The van der Waals surface area contributed by atoms with E-state index in [9.17, 15) is 18.3 Å². The van der Waals surface area contributed by atoms with Crippen molar-refractivity contribution in [3.05, 3.63) is 62.2 Å². The maximum atomic E-state index is 12.2. The van der Waals surface area contributed by atoms with Crippen LogP contribution in [0.2, 0.25) is 5.02 Å². The zero-order valence-corrected chi connectivity index (χ0v) is 13.3. The van der Waals surface area contributed by atoms with E-state index < -0.39 is 12.5 Å². The number of hydrogen-bond acceptors (Lipinski definition) is 2. The number of aliphatic hydroxyl groups excluding tert-OH is 1. The fourth-order valence-corrected chi connectivity index (χ4v) is 2.28. The first-order chi connectivity index (χ1) is 9.76. The predicted molar refractivity (Wildman–Crippen MR) is 81.4 cm³/mol. The van der Waals surface area contributed by atoms with Crippen molar-refractivity contribution < 1.29 is 23.0 Å². The Morgan fingerprint density at radius 3 is 2.38 bits per heavy atom. The Kier molecular flexibility index (Phi) is 5.00. The van der Waals surface area contributed by atoms with Crippen molar-refractivity contribution in [3.63, 3.8) is 0 Å². The van der Waals surface area contributed by atoms with Crippen LogP contribution in [0.25, 0.3) is 0 Å². The van der Waals surface area contributed by atoms with Crippen LogP contribution in [0.5, 0.6) is 5.75 Å². The van der Waals surface area contributed by atoms with Gasteiger partial charge >= 0.3 is 6.36 Å². The lowest BCUT2D eigenvalue weighted by molar-refractivity contribution is -0.274. The summed E-state index contributed by atoms with van der Waals surface area (Å²) in [6.07, 6.45) is -5.85. The minimum atomic E-state index is -4.77. The van der Waals surface area contributed by atoms with Gasteiger partial charge < -0.3 is 9.84 Å². The summed E-state index contributed by atoms with van der Waals surface area (Å²) in [7, 11) is 0. The van der Waals surface area contributed by atoms with Crippen molar-refractivity contribution in [2.75, 3.05) is 0 Å². The summed E-state index contributed by atoms with van der Waals surface area (Å²) in [6.45, 7) is 0. The molecule has 1 N–H and O–H groups in total. The average molecular weight is 429 g/mol. The van der Waals surface area contributed by atoms with Crippen LogP contribution in [0, 0.1) is 3.57 Å². The highest BCUT2D eigenvalue weighted by molar-refractivity contribution is 14.1. The smallest absolute Gasteiger partial charge is 0.406 e. The van der Waals surface area contributed by atoms with Crippen LogP contribution in [0.15, 0.2) is 42.5 Å². The van der Waals surface area contributed by atoms with E-state index in [2.05, 4.69) is 4.74 Å². The second kappa shape index (κ2) is 6.41. The molecular formula is C14H9ClF3IO2. The summed E-state index contributed by atoms with van der Waals surface area (Å²) in [5.41, 5.74) is 0.776. The third-order valence-electron chi connectivity index (χ3n) is 2.67. The Balaban J connectivity index is 2.28. The fraction of sp³-hybridized carbons (Fsp3) is 0.143. The molecule has 21 heavy (non-hydrogen) atoms. The molecule has 0 fully saturated rings. The SMILES string of the molecule is OC(c1cccc(OC(F)(F)F)c1)c1ccc(I)c(Cl)c1. The molecule has 0 aromatic heterocycles. The van der Waals surface area contributed by atoms with Gasteiger partial charge in [-0.05, 0) is 58.0 Å². The summed E-state index contributed by atoms with van der Waals surface area (Å²) >= 11 is 8.01. The molecule has 0 aliphatic carbocycles. The number of halogens is 5. The molecule has 2 nitrogen and oxygen atoms in total. The van der Waals surface area contributed by atoms with Crippen LogP contribution in [-0.4, -0.2) is 11.5 Å². The molecule has 0 aliphatic heterocycles. The molecule has 2 aromatic carbocycles. The van der Waals surface area contributed by atoms with E-state index in [0.29, 0.717) is 10.6 Å². The van der Waals surface area contributed by atoms with E-state index in [1.54, 1.807) is 18.2 Å². The van der Waals surface area contributed by atoms with Gasteiger partial charge in [-0.15, -0.1) is 13.2 Å². The first-order valence-corrected chi connectivity index (χ1v) is 7.20. The molecule has 0 heterocycles. The summed E-state index contributed by atoms with van der Waals surface area (Å²) in [4.78, 5) is 0. The van der Waals surface area contributed by atoms with Crippen molar-refractivity contribution in [3.8, 4) is 5.75 Å². The Hall–Kier alpha value is -0.990. The van der Waals surface area contributed by atoms with Crippen LogP contribution in [0.1, 0.15) is 17.2 Å². The molecule has 0 aliphatic rings. The Bertz CT molecular complexity index is 646. The molecule has 7 heteroatoms. The Morgan fingerprint density at radius 2 is 1.76 bits per heavy atom. The highest BCUT2D eigenvalue weighted by Crippen LogP contribution is 2.30. The highest BCUT2D eigenvalue weighted by Gasteiger charge is 2.31. The molecule has 2 rings (SSSR count). The minimum absolute atomic E-state index is 0.286. The Labute approximate surface area is 137 Å². The summed E-state index contributed by atoms with van der Waals surface area (Å²) in [6, 6.07) is 10.2. The number of benzene rings is 2. The van der Waals surface area contributed by atoms with Gasteiger partial charge in [0.15, 0.2) is 0 Å². The Morgan fingerprint density at radius 1 is 1.10 bits per heavy atom. The molecule has 0 radical (unpaired) electrons. The van der Waals surface area contributed by atoms with E-state index in [4.69, 9.17) is 11.6 Å². The van der Waals surface area contributed by atoms with E-state index in [0.717, 1.165) is 9.64 Å². The normalized spacial score (nSPS) is 13.0. The van der Waals surface area contributed by atoms with E-state index in [-0.39, 0.29) is 11.3 Å².